The molecule has 2 saturated heterocycles. The molecule has 1 amide bonds. The van der Waals surface area contributed by atoms with Crippen LogP contribution in [0.5, 0.6) is 0 Å². The summed E-state index contributed by atoms with van der Waals surface area (Å²) in [5.41, 5.74) is 0. The Morgan fingerprint density at radius 2 is 2.36 bits per heavy atom. The van der Waals surface area contributed by atoms with Gasteiger partial charge in [-0.3, -0.25) is 4.79 Å². The van der Waals surface area contributed by atoms with E-state index in [-0.39, 0.29) is 10.8 Å². The molecule has 0 saturated carbocycles. The fourth-order valence-corrected chi connectivity index (χ4v) is 3.68. The van der Waals surface area contributed by atoms with Crippen LogP contribution in [-0.4, -0.2) is 41.1 Å². The summed E-state index contributed by atoms with van der Waals surface area (Å²) in [6, 6.07) is 0. The van der Waals surface area contributed by atoms with Crippen molar-refractivity contribution in [1.82, 2.24) is 10.2 Å². The van der Waals surface area contributed by atoms with Gasteiger partial charge in [-0.05, 0) is 13.0 Å². The third-order valence-corrected chi connectivity index (χ3v) is 4.52. The molecular formula is C10H18N2OS. The van der Waals surface area contributed by atoms with Crippen LogP contribution >= 0.6 is 11.8 Å². The SMILES string of the molecule is CC(C)C(=O)N1CCSC12CCNC2. The summed E-state index contributed by atoms with van der Waals surface area (Å²) < 4.78 is 0. The van der Waals surface area contributed by atoms with E-state index >= 15 is 0 Å². The zero-order valence-electron chi connectivity index (χ0n) is 8.88. The van der Waals surface area contributed by atoms with Gasteiger partial charge >= 0.3 is 0 Å². The van der Waals surface area contributed by atoms with Gasteiger partial charge < -0.3 is 10.2 Å². The number of rotatable bonds is 1. The highest BCUT2D eigenvalue weighted by molar-refractivity contribution is 8.00. The molecule has 2 aliphatic rings. The maximum Gasteiger partial charge on any atom is 0.226 e. The molecule has 1 atom stereocenters. The summed E-state index contributed by atoms with van der Waals surface area (Å²) in [6.45, 7) is 6.93. The summed E-state index contributed by atoms with van der Waals surface area (Å²) in [4.78, 5) is 14.2. The first kappa shape index (κ1) is 10.3. The van der Waals surface area contributed by atoms with Gasteiger partial charge in [-0.1, -0.05) is 13.8 Å². The molecule has 3 nitrogen and oxygen atoms in total. The Morgan fingerprint density at radius 3 is 2.93 bits per heavy atom. The van der Waals surface area contributed by atoms with E-state index in [0.29, 0.717) is 5.91 Å². The van der Waals surface area contributed by atoms with Gasteiger partial charge in [0.15, 0.2) is 0 Å². The molecule has 4 heteroatoms. The lowest BCUT2D eigenvalue weighted by molar-refractivity contribution is -0.136. The maximum absolute atomic E-state index is 12.0. The van der Waals surface area contributed by atoms with Crippen LogP contribution in [0, 0.1) is 5.92 Å². The van der Waals surface area contributed by atoms with Crippen molar-refractivity contribution in [3.05, 3.63) is 0 Å². The molecule has 0 aromatic rings. The molecule has 0 aromatic carbocycles. The van der Waals surface area contributed by atoms with Gasteiger partial charge in [0, 0.05) is 24.8 Å². The van der Waals surface area contributed by atoms with Crippen LogP contribution in [0.25, 0.3) is 0 Å². The van der Waals surface area contributed by atoms with Crippen LogP contribution in [-0.2, 0) is 4.79 Å². The normalized spacial score (nSPS) is 32.1. The van der Waals surface area contributed by atoms with Gasteiger partial charge in [0.05, 0.1) is 0 Å². The Labute approximate surface area is 89.6 Å². The van der Waals surface area contributed by atoms with Gasteiger partial charge in [0.25, 0.3) is 0 Å². The number of nitrogens with zero attached hydrogens (tertiary/aromatic N) is 1. The minimum Gasteiger partial charge on any atom is -0.326 e. The molecule has 0 radical (unpaired) electrons. The van der Waals surface area contributed by atoms with E-state index in [1.54, 1.807) is 0 Å². The number of thioether (sulfide) groups is 1. The molecule has 14 heavy (non-hydrogen) atoms. The Morgan fingerprint density at radius 1 is 1.57 bits per heavy atom. The zero-order valence-corrected chi connectivity index (χ0v) is 9.69. The topological polar surface area (TPSA) is 32.3 Å². The summed E-state index contributed by atoms with van der Waals surface area (Å²) in [7, 11) is 0. The first-order valence-electron chi connectivity index (χ1n) is 5.32. The Bertz CT molecular complexity index is 231. The largest absolute Gasteiger partial charge is 0.326 e. The maximum atomic E-state index is 12.0. The summed E-state index contributed by atoms with van der Waals surface area (Å²) >= 11 is 1.95. The predicted octanol–water partition coefficient (Wildman–Crippen LogP) is 0.907. The Hall–Kier alpha value is -0.220. The van der Waals surface area contributed by atoms with E-state index < -0.39 is 0 Å². The first-order chi connectivity index (χ1) is 6.66. The number of hydrogen-bond donors (Lipinski definition) is 1. The van der Waals surface area contributed by atoms with Gasteiger partial charge in [-0.25, -0.2) is 0 Å². The second kappa shape index (κ2) is 3.74. The average molecular weight is 214 g/mol. The molecule has 2 fully saturated rings. The van der Waals surface area contributed by atoms with Gasteiger partial charge in [0.1, 0.15) is 4.87 Å². The molecule has 1 spiro atoms. The van der Waals surface area contributed by atoms with Crippen molar-refractivity contribution in [1.29, 1.82) is 0 Å². The monoisotopic (exact) mass is 214 g/mol. The van der Waals surface area contributed by atoms with E-state index in [4.69, 9.17) is 0 Å². The minimum absolute atomic E-state index is 0.0986. The van der Waals surface area contributed by atoms with Crippen LogP contribution in [0.4, 0.5) is 0 Å². The van der Waals surface area contributed by atoms with Crippen molar-refractivity contribution in [3.63, 3.8) is 0 Å². The van der Waals surface area contributed by atoms with E-state index in [0.717, 1.165) is 31.8 Å². The summed E-state index contributed by atoms with van der Waals surface area (Å²) in [5, 5.41) is 3.36. The predicted molar refractivity (Wildman–Crippen MR) is 59.2 cm³/mol. The number of amides is 1. The van der Waals surface area contributed by atoms with E-state index in [2.05, 4.69) is 10.2 Å². The van der Waals surface area contributed by atoms with Crippen LogP contribution in [0.2, 0.25) is 0 Å². The van der Waals surface area contributed by atoms with Gasteiger partial charge in [0.2, 0.25) is 5.91 Å². The highest BCUT2D eigenvalue weighted by Crippen LogP contribution is 2.40. The van der Waals surface area contributed by atoms with Crippen LogP contribution in [0.15, 0.2) is 0 Å². The van der Waals surface area contributed by atoms with Crippen LogP contribution < -0.4 is 5.32 Å². The quantitative estimate of drug-likeness (QED) is 0.704. The Balaban J connectivity index is 2.14. The zero-order chi connectivity index (χ0) is 10.2. The molecular weight excluding hydrogens is 196 g/mol. The fraction of sp³-hybridized carbons (Fsp3) is 0.900. The molecule has 2 aliphatic heterocycles. The molecule has 1 unspecified atom stereocenters. The summed E-state index contributed by atoms with van der Waals surface area (Å²) in [6.07, 6.45) is 1.11. The minimum atomic E-state index is 0.0986. The van der Waals surface area contributed by atoms with Crippen molar-refractivity contribution < 1.29 is 4.79 Å². The number of nitrogens with one attached hydrogen (secondary N) is 1. The summed E-state index contributed by atoms with van der Waals surface area (Å²) in [5.74, 6) is 1.55. The molecule has 0 aromatic heterocycles. The van der Waals surface area contributed by atoms with Crippen molar-refractivity contribution in [3.8, 4) is 0 Å². The number of hydrogen-bond acceptors (Lipinski definition) is 3. The number of carbonyl (C=O) groups excluding carboxylic acids is 1. The second-order valence-electron chi connectivity index (χ2n) is 4.37. The lowest BCUT2D eigenvalue weighted by Crippen LogP contribution is -2.48. The highest BCUT2D eigenvalue weighted by atomic mass is 32.2. The lowest BCUT2D eigenvalue weighted by atomic mass is 10.1. The number of carbonyl (C=O) groups is 1. The first-order valence-corrected chi connectivity index (χ1v) is 6.30. The molecule has 1 N–H and O–H groups in total. The second-order valence-corrected chi connectivity index (χ2v) is 5.82. The molecule has 0 aliphatic carbocycles. The van der Waals surface area contributed by atoms with Crippen molar-refractivity contribution in [2.45, 2.75) is 25.1 Å². The highest BCUT2D eigenvalue weighted by Gasteiger charge is 2.46. The molecule has 80 valence electrons. The van der Waals surface area contributed by atoms with Crippen molar-refractivity contribution >= 4 is 17.7 Å². The molecule has 0 bridgehead atoms. The lowest BCUT2D eigenvalue weighted by Gasteiger charge is -2.34. The molecule has 2 heterocycles. The standard InChI is InChI=1S/C10H18N2OS/c1-8(2)9(13)12-5-6-14-10(12)3-4-11-7-10/h8,11H,3-7H2,1-2H3. The smallest absolute Gasteiger partial charge is 0.226 e. The average Bonchev–Trinajstić information content (AvgIpc) is 2.76. The van der Waals surface area contributed by atoms with E-state index in [1.165, 1.54) is 0 Å². The van der Waals surface area contributed by atoms with Gasteiger partial charge in [-0.2, -0.15) is 0 Å². The van der Waals surface area contributed by atoms with Gasteiger partial charge in [-0.15, -0.1) is 11.8 Å². The van der Waals surface area contributed by atoms with Crippen molar-refractivity contribution in [2.24, 2.45) is 5.92 Å². The fourth-order valence-electron chi connectivity index (χ4n) is 2.24. The third-order valence-electron chi connectivity index (χ3n) is 3.03. The Kier molecular flexibility index (Phi) is 2.75. The molecule has 2 rings (SSSR count). The third kappa shape index (κ3) is 1.54. The van der Waals surface area contributed by atoms with Crippen LogP contribution in [0.1, 0.15) is 20.3 Å². The van der Waals surface area contributed by atoms with E-state index in [9.17, 15) is 4.79 Å². The van der Waals surface area contributed by atoms with E-state index in [1.807, 2.05) is 25.6 Å². The van der Waals surface area contributed by atoms with Crippen molar-refractivity contribution in [2.75, 3.05) is 25.4 Å². The van der Waals surface area contributed by atoms with Crippen LogP contribution in [0.3, 0.4) is 0 Å².